The molecule has 1 spiro atoms. The van der Waals surface area contributed by atoms with E-state index in [2.05, 4.69) is 26.2 Å². The minimum absolute atomic E-state index is 0.145. The van der Waals surface area contributed by atoms with Crippen LogP contribution in [0.5, 0.6) is 0 Å². The average molecular weight is 385 g/mol. The fourth-order valence-electron chi connectivity index (χ4n) is 3.57. The van der Waals surface area contributed by atoms with Crippen LogP contribution in [0.3, 0.4) is 0 Å². The fraction of sp³-hybridized carbons (Fsp3) is 0.625. The summed E-state index contributed by atoms with van der Waals surface area (Å²) >= 11 is 3.53. The first-order valence-corrected chi connectivity index (χ1v) is 8.65. The van der Waals surface area contributed by atoms with E-state index < -0.39 is 11.6 Å². The van der Waals surface area contributed by atoms with Gasteiger partial charge >= 0.3 is 5.97 Å². The highest BCUT2D eigenvalue weighted by Crippen LogP contribution is 2.47. The number of hydrogen-bond donors (Lipinski definition) is 2. The number of aromatic nitrogens is 1. The maximum Gasteiger partial charge on any atom is 0.329 e. The lowest BCUT2D eigenvalue weighted by atomic mass is 9.72. The molecule has 0 bridgehead atoms. The zero-order valence-electron chi connectivity index (χ0n) is 12.9. The van der Waals surface area contributed by atoms with E-state index in [9.17, 15) is 4.79 Å². The zero-order chi connectivity index (χ0) is 16.3. The summed E-state index contributed by atoms with van der Waals surface area (Å²) in [5.74, 6) is -0.953. The van der Waals surface area contributed by atoms with E-state index in [4.69, 9.17) is 14.6 Å². The molecule has 126 valence electrons. The van der Waals surface area contributed by atoms with Gasteiger partial charge in [-0.1, -0.05) is 0 Å². The van der Waals surface area contributed by atoms with E-state index in [1.165, 1.54) is 0 Å². The number of hydrogen-bond acceptors (Lipinski definition) is 5. The van der Waals surface area contributed by atoms with Gasteiger partial charge in [0, 0.05) is 35.5 Å². The first kappa shape index (κ1) is 16.8. The molecule has 1 saturated carbocycles. The van der Waals surface area contributed by atoms with Crippen LogP contribution >= 0.6 is 15.9 Å². The number of halogens is 1. The van der Waals surface area contributed by atoms with Crippen molar-refractivity contribution in [1.82, 2.24) is 10.3 Å². The molecule has 1 aromatic heterocycles. The maximum absolute atomic E-state index is 11.0. The second kappa shape index (κ2) is 6.84. The highest BCUT2D eigenvalue weighted by Gasteiger charge is 2.46. The molecule has 0 aromatic carbocycles. The fourth-order valence-corrected chi connectivity index (χ4v) is 4.19. The Balaban J connectivity index is 1.83. The standard InChI is InChI=1S/C16H21BrN2O4/c17-13-9-18-6-1-12(13)16(23-10-14(20)21)4-2-15(3-5-16)11-19-7-8-22-15/h1,6,9,19H,2-5,7-8,10-11H2,(H,20,21). The van der Waals surface area contributed by atoms with Crippen LogP contribution in [0.4, 0.5) is 0 Å². The monoisotopic (exact) mass is 384 g/mol. The summed E-state index contributed by atoms with van der Waals surface area (Å²) in [5, 5.41) is 12.4. The van der Waals surface area contributed by atoms with E-state index in [0.717, 1.165) is 55.4 Å². The summed E-state index contributed by atoms with van der Waals surface area (Å²) < 4.78 is 12.8. The Morgan fingerprint density at radius 3 is 2.83 bits per heavy atom. The zero-order valence-corrected chi connectivity index (χ0v) is 14.5. The van der Waals surface area contributed by atoms with Gasteiger partial charge in [0.25, 0.3) is 0 Å². The highest BCUT2D eigenvalue weighted by atomic mass is 79.9. The number of carbonyl (C=O) groups is 1. The third-order valence-corrected chi connectivity index (χ3v) is 5.47. The molecule has 2 fully saturated rings. The maximum atomic E-state index is 11.0. The van der Waals surface area contributed by atoms with Crippen molar-refractivity contribution in [3.05, 3.63) is 28.5 Å². The third kappa shape index (κ3) is 3.57. The van der Waals surface area contributed by atoms with Gasteiger partial charge in [-0.3, -0.25) is 4.98 Å². The number of pyridine rings is 1. The summed E-state index contributed by atoms with van der Waals surface area (Å²) in [5.41, 5.74) is 0.215. The number of ether oxygens (including phenoxy) is 2. The van der Waals surface area contributed by atoms with Crippen molar-refractivity contribution in [2.45, 2.75) is 36.9 Å². The largest absolute Gasteiger partial charge is 0.480 e. The Labute approximate surface area is 143 Å². The van der Waals surface area contributed by atoms with Crippen molar-refractivity contribution in [2.24, 2.45) is 0 Å². The summed E-state index contributed by atoms with van der Waals surface area (Å²) in [6.07, 6.45) is 6.58. The van der Waals surface area contributed by atoms with Crippen molar-refractivity contribution < 1.29 is 19.4 Å². The molecule has 0 unspecified atom stereocenters. The molecule has 1 saturated heterocycles. The van der Waals surface area contributed by atoms with E-state index in [1.807, 2.05) is 6.07 Å². The van der Waals surface area contributed by atoms with Gasteiger partial charge in [0.05, 0.1) is 17.8 Å². The minimum Gasteiger partial charge on any atom is -0.480 e. The van der Waals surface area contributed by atoms with Crippen LogP contribution in [0.25, 0.3) is 0 Å². The van der Waals surface area contributed by atoms with E-state index in [0.29, 0.717) is 0 Å². The number of carboxylic acids is 1. The summed E-state index contributed by atoms with van der Waals surface area (Å²) in [4.78, 5) is 15.1. The number of carboxylic acid groups (broad SMARTS) is 1. The second-order valence-electron chi connectivity index (χ2n) is 6.24. The van der Waals surface area contributed by atoms with E-state index in [-0.39, 0.29) is 12.2 Å². The van der Waals surface area contributed by atoms with Crippen LogP contribution in [-0.2, 0) is 19.9 Å². The van der Waals surface area contributed by atoms with Crippen molar-refractivity contribution >= 4 is 21.9 Å². The van der Waals surface area contributed by atoms with Crippen LogP contribution in [0.1, 0.15) is 31.2 Å². The molecule has 0 radical (unpaired) electrons. The number of rotatable bonds is 4. The molecule has 0 atom stereocenters. The predicted molar refractivity (Wildman–Crippen MR) is 87.2 cm³/mol. The minimum atomic E-state index is -0.953. The molecule has 3 rings (SSSR count). The lowest BCUT2D eigenvalue weighted by molar-refractivity contribution is -0.168. The Morgan fingerprint density at radius 1 is 1.43 bits per heavy atom. The third-order valence-electron chi connectivity index (χ3n) is 4.84. The van der Waals surface area contributed by atoms with Crippen LogP contribution in [0, 0.1) is 0 Å². The molecule has 7 heteroatoms. The Kier molecular flexibility index (Phi) is 5.01. The number of aliphatic carboxylic acids is 1. The van der Waals surface area contributed by atoms with Gasteiger partial charge in [0.1, 0.15) is 6.61 Å². The molecule has 23 heavy (non-hydrogen) atoms. The molecule has 0 amide bonds. The second-order valence-corrected chi connectivity index (χ2v) is 7.09. The van der Waals surface area contributed by atoms with Crippen molar-refractivity contribution in [1.29, 1.82) is 0 Å². The lowest BCUT2D eigenvalue weighted by Gasteiger charge is -2.48. The van der Waals surface area contributed by atoms with Gasteiger partial charge in [0.2, 0.25) is 0 Å². The van der Waals surface area contributed by atoms with Crippen LogP contribution in [-0.4, -0.2) is 48.0 Å². The van der Waals surface area contributed by atoms with E-state index in [1.54, 1.807) is 12.4 Å². The van der Waals surface area contributed by atoms with E-state index >= 15 is 0 Å². The van der Waals surface area contributed by atoms with Gasteiger partial charge in [0.15, 0.2) is 0 Å². The van der Waals surface area contributed by atoms with Gasteiger partial charge in [-0.25, -0.2) is 4.79 Å². The quantitative estimate of drug-likeness (QED) is 0.826. The number of nitrogens with zero attached hydrogens (tertiary/aromatic N) is 1. The van der Waals surface area contributed by atoms with Crippen LogP contribution in [0.15, 0.2) is 22.9 Å². The summed E-state index contributed by atoms with van der Waals surface area (Å²) in [6.45, 7) is 2.15. The first-order valence-electron chi connectivity index (χ1n) is 7.86. The van der Waals surface area contributed by atoms with Gasteiger partial charge < -0.3 is 19.9 Å². The normalized spacial score (nSPS) is 31.2. The molecular weight excluding hydrogens is 364 g/mol. The van der Waals surface area contributed by atoms with Crippen molar-refractivity contribution in [3.8, 4) is 0 Å². The average Bonchev–Trinajstić information content (AvgIpc) is 2.56. The molecule has 1 aliphatic carbocycles. The smallest absolute Gasteiger partial charge is 0.329 e. The SMILES string of the molecule is O=C(O)COC1(c2ccncc2Br)CCC2(CC1)CNCCO2. The summed E-state index contributed by atoms with van der Waals surface area (Å²) in [7, 11) is 0. The molecule has 6 nitrogen and oxygen atoms in total. The van der Waals surface area contributed by atoms with Crippen LogP contribution in [0.2, 0.25) is 0 Å². The first-order chi connectivity index (χ1) is 11.1. The molecular formula is C16H21BrN2O4. The molecule has 2 N–H and O–H groups in total. The molecule has 2 heterocycles. The Bertz CT molecular complexity index is 565. The Morgan fingerprint density at radius 2 is 2.22 bits per heavy atom. The number of nitrogens with one attached hydrogen (secondary N) is 1. The van der Waals surface area contributed by atoms with Crippen LogP contribution < -0.4 is 5.32 Å². The highest BCUT2D eigenvalue weighted by molar-refractivity contribution is 9.10. The topological polar surface area (TPSA) is 80.7 Å². The van der Waals surface area contributed by atoms with Gasteiger partial charge in [-0.2, -0.15) is 0 Å². The number of morpholine rings is 1. The van der Waals surface area contributed by atoms with Crippen molar-refractivity contribution in [2.75, 3.05) is 26.3 Å². The summed E-state index contributed by atoms with van der Waals surface area (Å²) in [6, 6.07) is 1.91. The molecule has 2 aliphatic rings. The lowest BCUT2D eigenvalue weighted by Crippen LogP contribution is -2.54. The van der Waals surface area contributed by atoms with Crippen molar-refractivity contribution in [3.63, 3.8) is 0 Å². The molecule has 1 aliphatic heterocycles. The van der Waals surface area contributed by atoms with Gasteiger partial charge in [-0.05, 0) is 47.7 Å². The van der Waals surface area contributed by atoms with Gasteiger partial charge in [-0.15, -0.1) is 0 Å². The predicted octanol–water partition coefficient (Wildman–Crippen LogP) is 2.07. The molecule has 1 aromatic rings. The Hall–Kier alpha value is -1.02.